The molecule has 3 aliphatic carbocycles. The van der Waals surface area contributed by atoms with Crippen LogP contribution in [0.3, 0.4) is 0 Å². The minimum Gasteiger partial charge on any atom is -0.355 e. The molecule has 118 heavy (non-hydrogen) atoms. The average molecular weight is 1640 g/mol. The van der Waals surface area contributed by atoms with Crippen LogP contribution in [0.2, 0.25) is 0 Å². The van der Waals surface area contributed by atoms with Crippen LogP contribution in [0.15, 0.2) is 397 Å². The highest BCUT2D eigenvalue weighted by Crippen LogP contribution is 2.59. The summed E-state index contributed by atoms with van der Waals surface area (Å²) in [5, 5.41) is 19.0. The summed E-state index contributed by atoms with van der Waals surface area (Å²) in [6.45, 7) is 14.1. The maximum atomic E-state index is 3.69. The molecule has 0 fully saturated rings. The van der Waals surface area contributed by atoms with Crippen LogP contribution in [0.4, 0.5) is 45.5 Å². The first-order valence-corrected chi connectivity index (χ1v) is 42.5. The molecule has 0 atom stereocenters. The Labute approximate surface area is 706 Å². The van der Waals surface area contributed by atoms with Gasteiger partial charge < -0.3 is 15.1 Å². The molecule has 3 nitrogen and oxygen atoms in total. The van der Waals surface area contributed by atoms with Crippen LogP contribution in [0, 0.1) is 0 Å². The molecule has 20 aromatic carbocycles. The van der Waals surface area contributed by atoms with Gasteiger partial charge >= 0.3 is 0 Å². The number of benzene rings is 20. The molecular formula is C113H83Br2N3. The van der Waals surface area contributed by atoms with Gasteiger partial charge in [0.15, 0.2) is 0 Å². The van der Waals surface area contributed by atoms with Gasteiger partial charge in [-0.25, -0.2) is 0 Å². The van der Waals surface area contributed by atoms with Gasteiger partial charge in [0.25, 0.3) is 0 Å². The number of nitrogens with zero attached hydrogens (tertiary/aromatic N) is 2. The molecule has 0 radical (unpaired) electrons. The van der Waals surface area contributed by atoms with E-state index in [-0.39, 0.29) is 16.2 Å². The second kappa shape index (κ2) is 28.6. The van der Waals surface area contributed by atoms with E-state index < -0.39 is 0 Å². The van der Waals surface area contributed by atoms with E-state index >= 15 is 0 Å². The summed E-state index contributed by atoms with van der Waals surface area (Å²) in [4.78, 5) is 5.09. The summed E-state index contributed by atoms with van der Waals surface area (Å²) < 4.78 is 2.31. The van der Waals surface area contributed by atoms with E-state index in [1.165, 1.54) is 182 Å². The summed E-state index contributed by atoms with van der Waals surface area (Å²) in [6, 6.07) is 142. The average Bonchev–Trinajstić information content (AvgIpc) is 1.66. The number of halogens is 2. The van der Waals surface area contributed by atoms with Crippen LogP contribution in [0.1, 0.15) is 74.9 Å². The van der Waals surface area contributed by atoms with Gasteiger partial charge in [0, 0.05) is 75.4 Å². The zero-order chi connectivity index (χ0) is 79.7. The Morgan fingerprint density at radius 2 is 0.534 bits per heavy atom. The minimum absolute atomic E-state index is 0.0233. The number of rotatable bonds is 11. The van der Waals surface area contributed by atoms with Crippen LogP contribution >= 0.6 is 31.9 Å². The summed E-state index contributed by atoms with van der Waals surface area (Å²) >= 11 is 7.30. The van der Waals surface area contributed by atoms with Crippen molar-refractivity contribution in [2.45, 2.75) is 57.8 Å². The van der Waals surface area contributed by atoms with Crippen molar-refractivity contribution in [2.75, 3.05) is 15.1 Å². The predicted molar refractivity (Wildman–Crippen MR) is 510 cm³/mol. The topological polar surface area (TPSA) is 18.5 Å². The van der Waals surface area contributed by atoms with Crippen LogP contribution in [-0.4, -0.2) is 0 Å². The largest absolute Gasteiger partial charge is 0.355 e. The molecule has 0 saturated heterocycles. The molecule has 0 amide bonds. The third-order valence-electron chi connectivity index (χ3n) is 25.6. The predicted octanol–water partition coefficient (Wildman–Crippen LogP) is 33.0. The highest BCUT2D eigenvalue weighted by Gasteiger charge is 2.41. The number of hydrogen-bond donors (Lipinski definition) is 1. The van der Waals surface area contributed by atoms with Crippen molar-refractivity contribution in [3.05, 3.63) is 431 Å². The quantitative estimate of drug-likeness (QED) is 0.130. The Bertz CT molecular complexity index is 7000. The third-order valence-corrected chi connectivity index (χ3v) is 27.0. The second-order valence-electron chi connectivity index (χ2n) is 33.3. The van der Waals surface area contributed by atoms with Gasteiger partial charge in [0.05, 0.1) is 22.7 Å². The summed E-state index contributed by atoms with van der Waals surface area (Å²) in [7, 11) is 0. The Balaban J connectivity index is 0.000000151. The van der Waals surface area contributed by atoms with Gasteiger partial charge in [-0.2, -0.15) is 0 Å². The van der Waals surface area contributed by atoms with E-state index in [2.05, 4.69) is 477 Å². The van der Waals surface area contributed by atoms with E-state index in [4.69, 9.17) is 0 Å². The lowest BCUT2D eigenvalue weighted by molar-refractivity contribution is 0.660. The van der Waals surface area contributed by atoms with Crippen LogP contribution in [0.5, 0.6) is 0 Å². The van der Waals surface area contributed by atoms with Crippen molar-refractivity contribution in [2.24, 2.45) is 0 Å². The van der Waals surface area contributed by atoms with Gasteiger partial charge in [-0.1, -0.05) is 383 Å². The highest BCUT2D eigenvalue weighted by atomic mass is 79.9. The zero-order valence-corrected chi connectivity index (χ0v) is 69.8. The zero-order valence-electron chi connectivity index (χ0n) is 66.6. The van der Waals surface area contributed by atoms with Crippen LogP contribution in [0.25, 0.3) is 131 Å². The molecule has 0 unspecified atom stereocenters. The normalized spacial score (nSPS) is 13.5. The SMILES string of the molecule is Brc1ccc2ccc3c(Br)ccc4ccc1c2c43.CC1(C)c2ccccc2-c2c(N(c3cccc(-c4ccccc4)c3)c3ccc4ccc5c(N(c6cccc(-c7ccccc7)c6)c6cccc7c6-c6ccccc6C7(C)C)ccc6ccc3c4c65)cccc21.CC1(C)c2ccccc2-c2c(Nc3cccc(-c4ccccc4)c3)cccc21. The fourth-order valence-corrected chi connectivity index (χ4v) is 20.8. The van der Waals surface area contributed by atoms with Crippen molar-refractivity contribution in [1.29, 1.82) is 0 Å². The van der Waals surface area contributed by atoms with Crippen molar-refractivity contribution in [1.82, 2.24) is 0 Å². The van der Waals surface area contributed by atoms with Crippen LogP contribution in [-0.2, 0) is 16.2 Å². The molecule has 0 heterocycles. The molecule has 564 valence electrons. The van der Waals surface area contributed by atoms with Gasteiger partial charge in [0.1, 0.15) is 0 Å². The maximum absolute atomic E-state index is 3.69. The standard InChI is InChI=1S/C70H52N2.C27H23N.C16H8Br2/c1-69(2)57-29-13-11-27-53(57)67-59(69)31-17-33-63(67)71(51-25-15-23-49(43-51)45-19-7-5-8-20-45)61-41-37-47-36-40-56-62(42-38-48-35-39-55(61)65(47)66(48)56)72(52-26-16-24-50(44-52)46-21-9-6-10-22-46)64-34-18-32-60-68(64)54-28-12-14-30-58(54)70(60,3)4;1-27(2)23-15-7-6-14-22(23)26-24(27)16-9-17-25(26)28-21-13-8-12-20(18-21)19-10-4-3-5-11-19;17-13-8-4-10-2-6-12-14(18)7-3-9-1-5-11(13)16(10)15(9)12/h5-44H,1-4H3;3-18,28H,1-2H3;1-8H. The Morgan fingerprint density at radius 1 is 0.229 bits per heavy atom. The Hall–Kier alpha value is -13.2. The van der Waals surface area contributed by atoms with Gasteiger partial charge in [0.2, 0.25) is 0 Å². The Kier molecular flexibility index (Phi) is 17.6. The summed E-state index contributed by atoms with van der Waals surface area (Å²) in [6.07, 6.45) is 0. The molecule has 0 aliphatic heterocycles. The number of fused-ring (bicyclic) bond motifs is 9. The second-order valence-corrected chi connectivity index (χ2v) is 35.0. The first-order valence-electron chi connectivity index (χ1n) is 40.9. The van der Waals surface area contributed by atoms with Gasteiger partial charge in [-0.05, 0) is 216 Å². The van der Waals surface area contributed by atoms with Crippen molar-refractivity contribution in [3.63, 3.8) is 0 Å². The smallest absolute Gasteiger partial charge is 0.0543 e. The van der Waals surface area contributed by atoms with E-state index in [0.717, 1.165) is 37.4 Å². The van der Waals surface area contributed by atoms with E-state index in [0.29, 0.717) is 0 Å². The molecule has 3 aliphatic rings. The molecule has 0 spiro atoms. The highest BCUT2D eigenvalue weighted by molar-refractivity contribution is 9.11. The fraction of sp³-hybridized carbons (Fsp3) is 0.0796. The molecule has 0 saturated carbocycles. The number of anilines is 8. The van der Waals surface area contributed by atoms with E-state index in [9.17, 15) is 0 Å². The molecule has 5 heteroatoms. The maximum Gasteiger partial charge on any atom is 0.0543 e. The fourth-order valence-electron chi connectivity index (χ4n) is 19.9. The summed E-state index contributed by atoms with van der Waals surface area (Å²) in [5.74, 6) is 0. The Morgan fingerprint density at radius 3 is 0.958 bits per heavy atom. The lowest BCUT2D eigenvalue weighted by atomic mass is 9.82. The lowest BCUT2D eigenvalue weighted by Crippen LogP contribution is -2.16. The van der Waals surface area contributed by atoms with Gasteiger partial charge in [-0.3, -0.25) is 0 Å². The number of hydrogen-bond acceptors (Lipinski definition) is 3. The molecule has 20 aromatic rings. The molecule has 23 rings (SSSR count). The van der Waals surface area contributed by atoms with Gasteiger partial charge in [-0.15, -0.1) is 0 Å². The molecular weight excluding hydrogens is 1560 g/mol. The lowest BCUT2D eigenvalue weighted by Gasteiger charge is -2.32. The molecule has 1 N–H and O–H groups in total. The first-order chi connectivity index (χ1) is 57.6. The van der Waals surface area contributed by atoms with Crippen LogP contribution < -0.4 is 15.1 Å². The third kappa shape index (κ3) is 11.9. The first kappa shape index (κ1) is 72.5. The van der Waals surface area contributed by atoms with Crippen molar-refractivity contribution < 1.29 is 0 Å². The van der Waals surface area contributed by atoms with Crippen molar-refractivity contribution in [3.8, 4) is 66.8 Å². The van der Waals surface area contributed by atoms with Crippen molar-refractivity contribution >= 4 is 142 Å². The van der Waals surface area contributed by atoms with E-state index in [1.807, 2.05) is 0 Å². The van der Waals surface area contributed by atoms with E-state index in [1.54, 1.807) is 0 Å². The monoisotopic (exact) mass is 1640 g/mol. The number of nitrogens with one attached hydrogen (secondary N) is 1. The molecule has 0 bridgehead atoms. The summed E-state index contributed by atoms with van der Waals surface area (Å²) in [5.41, 5.74) is 32.2. The molecule has 0 aromatic heterocycles. The minimum atomic E-state index is -0.151.